The van der Waals surface area contributed by atoms with Crippen LogP contribution in [0.4, 0.5) is 19.0 Å². The number of aromatic nitrogens is 3. The summed E-state index contributed by atoms with van der Waals surface area (Å²) in [5.74, 6) is 0.558. The molecule has 0 unspecified atom stereocenters. The van der Waals surface area contributed by atoms with Crippen LogP contribution in [0.3, 0.4) is 0 Å². The zero-order valence-electron chi connectivity index (χ0n) is 15.1. The molecular weight excluding hydrogens is 401 g/mol. The number of hydrogen-bond acceptors (Lipinski definition) is 3. The molecule has 0 fully saturated rings. The Morgan fingerprint density at radius 2 is 1.90 bits per heavy atom. The average molecular weight is 417 g/mol. The van der Waals surface area contributed by atoms with Crippen molar-refractivity contribution in [3.8, 4) is 0 Å². The van der Waals surface area contributed by atoms with Crippen molar-refractivity contribution in [2.45, 2.75) is 19.1 Å². The van der Waals surface area contributed by atoms with E-state index in [1.54, 1.807) is 18.5 Å². The van der Waals surface area contributed by atoms with Gasteiger partial charge < -0.3 is 10.3 Å². The minimum absolute atomic E-state index is 0.142. The summed E-state index contributed by atoms with van der Waals surface area (Å²) in [5, 5.41) is 4.35. The fourth-order valence-corrected chi connectivity index (χ4v) is 3.27. The molecule has 0 aliphatic heterocycles. The molecule has 4 nitrogen and oxygen atoms in total. The molecule has 3 heterocycles. The van der Waals surface area contributed by atoms with Crippen molar-refractivity contribution in [1.29, 1.82) is 0 Å². The number of nitrogens with one attached hydrogen (secondary N) is 2. The summed E-state index contributed by atoms with van der Waals surface area (Å²) in [7, 11) is 0. The lowest BCUT2D eigenvalue weighted by Gasteiger charge is -2.12. The fourth-order valence-electron chi connectivity index (χ4n) is 3.08. The van der Waals surface area contributed by atoms with Gasteiger partial charge in [-0.2, -0.15) is 13.2 Å². The number of H-pyrrole nitrogens is 1. The Morgan fingerprint density at radius 1 is 1.03 bits per heavy atom. The van der Waals surface area contributed by atoms with Crippen LogP contribution in [0, 0.1) is 0 Å². The Labute approximate surface area is 169 Å². The van der Waals surface area contributed by atoms with Crippen molar-refractivity contribution >= 4 is 28.5 Å². The van der Waals surface area contributed by atoms with Crippen LogP contribution in [0.2, 0.25) is 5.02 Å². The summed E-state index contributed by atoms with van der Waals surface area (Å²) in [5.41, 5.74) is 2.60. The zero-order chi connectivity index (χ0) is 20.4. The van der Waals surface area contributed by atoms with Crippen LogP contribution in [-0.4, -0.2) is 15.0 Å². The van der Waals surface area contributed by atoms with E-state index < -0.39 is 11.7 Å². The number of halogens is 4. The first-order valence-electron chi connectivity index (χ1n) is 8.85. The van der Waals surface area contributed by atoms with Gasteiger partial charge in [0.2, 0.25) is 0 Å². The van der Waals surface area contributed by atoms with Crippen molar-refractivity contribution in [3.63, 3.8) is 0 Å². The number of fused-ring (bicyclic) bond motifs is 1. The second-order valence-corrected chi connectivity index (χ2v) is 7.01. The number of nitrogens with zero attached hydrogens (tertiary/aromatic N) is 2. The van der Waals surface area contributed by atoms with E-state index in [9.17, 15) is 13.2 Å². The maximum absolute atomic E-state index is 12.9. The molecule has 1 aromatic carbocycles. The van der Waals surface area contributed by atoms with Crippen molar-refractivity contribution in [2.24, 2.45) is 0 Å². The van der Waals surface area contributed by atoms with Crippen molar-refractivity contribution in [2.75, 3.05) is 5.32 Å². The molecule has 2 N–H and O–H groups in total. The van der Waals surface area contributed by atoms with E-state index in [0.29, 0.717) is 17.8 Å². The first kappa shape index (κ1) is 19.3. The monoisotopic (exact) mass is 416 g/mol. The van der Waals surface area contributed by atoms with E-state index >= 15 is 0 Å². The summed E-state index contributed by atoms with van der Waals surface area (Å²) in [6.45, 7) is 0.142. The van der Waals surface area contributed by atoms with E-state index in [0.717, 1.165) is 34.3 Å². The minimum atomic E-state index is -4.41. The molecule has 0 amide bonds. The second kappa shape index (κ2) is 7.75. The summed E-state index contributed by atoms with van der Waals surface area (Å²) >= 11 is 6.03. The van der Waals surface area contributed by atoms with Gasteiger partial charge in [-0.05, 0) is 53.1 Å². The van der Waals surface area contributed by atoms with Gasteiger partial charge in [0, 0.05) is 42.0 Å². The van der Waals surface area contributed by atoms with E-state index in [-0.39, 0.29) is 11.6 Å². The van der Waals surface area contributed by atoms with Crippen LogP contribution in [0.5, 0.6) is 0 Å². The number of aromatic amines is 1. The highest BCUT2D eigenvalue weighted by Crippen LogP contribution is 2.32. The van der Waals surface area contributed by atoms with Crippen LogP contribution in [0.15, 0.2) is 61.1 Å². The Kier molecular flexibility index (Phi) is 5.15. The predicted octanol–water partition coefficient (Wildman–Crippen LogP) is 5.83. The van der Waals surface area contributed by atoms with Crippen molar-refractivity contribution < 1.29 is 13.2 Å². The van der Waals surface area contributed by atoms with Gasteiger partial charge in [0.25, 0.3) is 0 Å². The van der Waals surface area contributed by atoms with Crippen LogP contribution >= 0.6 is 11.6 Å². The second-order valence-electron chi connectivity index (χ2n) is 6.60. The third kappa shape index (κ3) is 4.35. The Hall–Kier alpha value is -3.06. The molecule has 0 spiro atoms. The van der Waals surface area contributed by atoms with Gasteiger partial charge in [-0.1, -0.05) is 17.7 Å². The number of pyridine rings is 2. The highest BCUT2D eigenvalue weighted by molar-refractivity contribution is 6.31. The van der Waals surface area contributed by atoms with Crippen molar-refractivity contribution in [1.82, 2.24) is 15.0 Å². The average Bonchev–Trinajstić information content (AvgIpc) is 3.10. The topological polar surface area (TPSA) is 53.6 Å². The number of benzene rings is 1. The molecule has 0 saturated carbocycles. The summed E-state index contributed by atoms with van der Waals surface area (Å²) in [6, 6.07) is 10.9. The normalized spacial score (nSPS) is 11.7. The molecule has 0 atom stereocenters. The molecule has 4 rings (SSSR count). The number of rotatable bonds is 5. The number of anilines is 1. The Bertz CT molecular complexity index is 1140. The van der Waals surface area contributed by atoms with Crippen LogP contribution in [0.25, 0.3) is 11.0 Å². The van der Waals surface area contributed by atoms with Crippen LogP contribution < -0.4 is 5.32 Å². The predicted molar refractivity (Wildman–Crippen MR) is 107 cm³/mol. The lowest BCUT2D eigenvalue weighted by Crippen LogP contribution is -2.08. The molecule has 0 saturated heterocycles. The van der Waals surface area contributed by atoms with Crippen molar-refractivity contribution in [3.05, 3.63) is 88.3 Å². The largest absolute Gasteiger partial charge is 0.416 e. The lowest BCUT2D eigenvalue weighted by molar-refractivity contribution is -0.137. The minimum Gasteiger partial charge on any atom is -0.366 e. The molecule has 0 aliphatic carbocycles. The van der Waals surface area contributed by atoms with Gasteiger partial charge in [-0.15, -0.1) is 0 Å². The lowest BCUT2D eigenvalue weighted by atomic mass is 10.1. The van der Waals surface area contributed by atoms with Gasteiger partial charge in [0.1, 0.15) is 11.5 Å². The third-order valence-electron chi connectivity index (χ3n) is 4.59. The summed E-state index contributed by atoms with van der Waals surface area (Å²) in [6.07, 6.45) is 1.70. The molecule has 0 bridgehead atoms. The summed E-state index contributed by atoms with van der Waals surface area (Å²) < 4.78 is 38.6. The maximum atomic E-state index is 12.9. The molecule has 0 radical (unpaired) electrons. The van der Waals surface area contributed by atoms with E-state index in [1.807, 2.05) is 24.4 Å². The van der Waals surface area contributed by atoms with E-state index in [1.165, 1.54) is 6.07 Å². The molecule has 29 heavy (non-hydrogen) atoms. The van der Waals surface area contributed by atoms with Crippen LogP contribution in [0.1, 0.15) is 22.3 Å². The third-order valence-corrected chi connectivity index (χ3v) is 4.96. The SMILES string of the molecule is FC(F)(F)c1ccc(Cl)c(CNc2ccc(Cc3c[nH]c4ncccc34)cn2)c1. The van der Waals surface area contributed by atoms with Gasteiger partial charge >= 0.3 is 6.18 Å². The molecule has 0 aliphatic rings. The number of hydrogen-bond donors (Lipinski definition) is 2. The summed E-state index contributed by atoms with van der Waals surface area (Å²) in [4.78, 5) is 11.8. The Morgan fingerprint density at radius 3 is 2.66 bits per heavy atom. The molecule has 3 aromatic heterocycles. The van der Waals surface area contributed by atoms with Gasteiger partial charge in [-0.3, -0.25) is 0 Å². The van der Waals surface area contributed by atoms with Crippen LogP contribution in [-0.2, 0) is 19.1 Å². The highest BCUT2D eigenvalue weighted by atomic mass is 35.5. The Balaban J connectivity index is 1.44. The first-order valence-corrected chi connectivity index (χ1v) is 9.23. The van der Waals surface area contributed by atoms with E-state index in [4.69, 9.17) is 11.6 Å². The fraction of sp³-hybridized carbons (Fsp3) is 0.143. The quantitative estimate of drug-likeness (QED) is 0.430. The molecular formula is C21H16ClF3N4. The zero-order valence-corrected chi connectivity index (χ0v) is 15.8. The number of alkyl halides is 3. The smallest absolute Gasteiger partial charge is 0.366 e. The highest BCUT2D eigenvalue weighted by Gasteiger charge is 2.30. The van der Waals surface area contributed by atoms with Gasteiger partial charge in [0.05, 0.1) is 5.56 Å². The molecule has 4 aromatic rings. The molecule has 8 heteroatoms. The van der Waals surface area contributed by atoms with Gasteiger partial charge in [0.15, 0.2) is 0 Å². The van der Waals surface area contributed by atoms with E-state index in [2.05, 4.69) is 20.3 Å². The standard InChI is InChI=1S/C21H16ClF3N4/c22-18-5-4-16(21(23,24)25)9-15(18)12-28-19-6-3-13(10-27-19)8-14-11-29-20-17(14)2-1-7-26-20/h1-7,9-11H,8,12H2,(H,26,29)(H,27,28). The maximum Gasteiger partial charge on any atom is 0.416 e. The van der Waals surface area contributed by atoms with Gasteiger partial charge in [-0.25, -0.2) is 9.97 Å². The first-order chi connectivity index (χ1) is 13.9. The molecule has 148 valence electrons.